The standard InChI is InChI=1S/C32H30N4O5/c1-4-22-13-16-24(17-14-22)35-30(33-27-11-7-6-10-26(27)32(35)38)28(5-2)34(20-25-9-8-18-41-25)31(37)23-15-12-21(3)29(19-23)36(39)40/h6-19,28H,4-5,20H2,1-3H3. The number of nitro benzene ring substituents is 1. The summed E-state index contributed by atoms with van der Waals surface area (Å²) in [6.07, 6.45) is 2.79. The lowest BCUT2D eigenvalue weighted by Gasteiger charge is -2.32. The number of carbonyl (C=O) groups is 1. The van der Waals surface area contributed by atoms with Crippen molar-refractivity contribution in [1.29, 1.82) is 0 Å². The van der Waals surface area contributed by atoms with E-state index >= 15 is 0 Å². The van der Waals surface area contributed by atoms with Crippen LogP contribution in [0.4, 0.5) is 5.69 Å². The Labute approximate surface area is 236 Å². The van der Waals surface area contributed by atoms with Crippen LogP contribution in [0, 0.1) is 17.0 Å². The van der Waals surface area contributed by atoms with E-state index in [0.29, 0.717) is 40.2 Å². The molecular formula is C32H30N4O5. The Hall–Kier alpha value is -5.05. The predicted molar refractivity (Wildman–Crippen MR) is 156 cm³/mol. The molecule has 0 aliphatic carbocycles. The molecule has 0 saturated carbocycles. The second kappa shape index (κ2) is 11.6. The Balaban J connectivity index is 1.72. The minimum Gasteiger partial charge on any atom is -0.467 e. The Kier molecular flexibility index (Phi) is 7.78. The van der Waals surface area contributed by atoms with Crippen LogP contribution in [0.25, 0.3) is 16.6 Å². The van der Waals surface area contributed by atoms with Crippen molar-refractivity contribution in [3.63, 3.8) is 0 Å². The highest BCUT2D eigenvalue weighted by Gasteiger charge is 2.31. The SMILES string of the molecule is CCc1ccc(-n2c(C(CC)N(Cc3ccco3)C(=O)c3ccc(C)c([N+](=O)[O-])c3)nc3ccccc3c2=O)cc1. The van der Waals surface area contributed by atoms with Gasteiger partial charge in [0.05, 0.1) is 40.4 Å². The van der Waals surface area contributed by atoms with Gasteiger partial charge in [-0.05, 0) is 67.8 Å². The number of fused-ring (bicyclic) bond motifs is 1. The Morgan fingerprint density at radius 1 is 1.05 bits per heavy atom. The van der Waals surface area contributed by atoms with E-state index in [1.807, 2.05) is 37.3 Å². The molecule has 0 aliphatic rings. The first kappa shape index (κ1) is 27.5. The molecule has 1 amide bonds. The Morgan fingerprint density at radius 2 is 1.80 bits per heavy atom. The summed E-state index contributed by atoms with van der Waals surface area (Å²) in [6, 6.07) is 22.1. The third kappa shape index (κ3) is 5.38. The van der Waals surface area contributed by atoms with Crippen LogP contribution < -0.4 is 5.56 Å². The first-order chi connectivity index (χ1) is 19.8. The van der Waals surface area contributed by atoms with Crippen LogP contribution in [0.15, 0.2) is 94.3 Å². The molecule has 2 aromatic heterocycles. The maximum atomic E-state index is 14.2. The topological polar surface area (TPSA) is 111 Å². The monoisotopic (exact) mass is 550 g/mol. The summed E-state index contributed by atoms with van der Waals surface area (Å²) in [7, 11) is 0. The molecule has 0 fully saturated rings. The molecule has 208 valence electrons. The zero-order valence-electron chi connectivity index (χ0n) is 23.1. The maximum absolute atomic E-state index is 14.2. The van der Waals surface area contributed by atoms with E-state index in [9.17, 15) is 19.7 Å². The molecule has 9 nitrogen and oxygen atoms in total. The number of nitrogens with zero attached hydrogens (tertiary/aromatic N) is 4. The molecule has 1 atom stereocenters. The summed E-state index contributed by atoms with van der Waals surface area (Å²) >= 11 is 0. The van der Waals surface area contributed by atoms with Crippen LogP contribution in [-0.2, 0) is 13.0 Å². The first-order valence-electron chi connectivity index (χ1n) is 13.5. The third-order valence-corrected chi connectivity index (χ3v) is 7.29. The smallest absolute Gasteiger partial charge is 0.273 e. The van der Waals surface area contributed by atoms with Gasteiger partial charge >= 0.3 is 0 Å². The minimum atomic E-state index is -0.670. The highest BCUT2D eigenvalue weighted by atomic mass is 16.6. The van der Waals surface area contributed by atoms with Gasteiger partial charge in [-0.1, -0.05) is 44.2 Å². The van der Waals surface area contributed by atoms with Crippen molar-refractivity contribution in [2.45, 2.75) is 46.2 Å². The minimum absolute atomic E-state index is 0.0729. The highest BCUT2D eigenvalue weighted by Crippen LogP contribution is 2.30. The van der Waals surface area contributed by atoms with Gasteiger partial charge < -0.3 is 9.32 Å². The molecule has 2 heterocycles. The van der Waals surface area contributed by atoms with Gasteiger partial charge in [-0.3, -0.25) is 24.3 Å². The zero-order valence-corrected chi connectivity index (χ0v) is 23.1. The van der Waals surface area contributed by atoms with Gasteiger partial charge in [0.2, 0.25) is 0 Å². The summed E-state index contributed by atoms with van der Waals surface area (Å²) < 4.78 is 7.17. The van der Waals surface area contributed by atoms with E-state index in [-0.39, 0.29) is 23.4 Å². The molecule has 5 rings (SSSR count). The van der Waals surface area contributed by atoms with E-state index < -0.39 is 16.9 Å². The fourth-order valence-corrected chi connectivity index (χ4v) is 5.04. The van der Waals surface area contributed by atoms with E-state index in [2.05, 4.69) is 6.92 Å². The average Bonchev–Trinajstić information content (AvgIpc) is 3.50. The first-order valence-corrected chi connectivity index (χ1v) is 13.5. The Morgan fingerprint density at radius 3 is 2.46 bits per heavy atom. The van der Waals surface area contributed by atoms with Gasteiger partial charge in [0.15, 0.2) is 0 Å². The number of aromatic nitrogens is 2. The number of para-hydroxylation sites is 1. The van der Waals surface area contributed by atoms with Gasteiger partial charge in [-0.2, -0.15) is 0 Å². The molecule has 3 aromatic carbocycles. The number of amides is 1. The molecule has 0 N–H and O–H groups in total. The number of carbonyl (C=O) groups excluding carboxylic acids is 1. The molecule has 1 unspecified atom stereocenters. The number of rotatable bonds is 9. The summed E-state index contributed by atoms with van der Waals surface area (Å²) in [5, 5.41) is 12.1. The third-order valence-electron chi connectivity index (χ3n) is 7.29. The lowest BCUT2D eigenvalue weighted by molar-refractivity contribution is -0.385. The van der Waals surface area contributed by atoms with E-state index in [4.69, 9.17) is 9.40 Å². The van der Waals surface area contributed by atoms with Crippen LogP contribution in [-0.4, -0.2) is 25.3 Å². The Bertz CT molecular complexity index is 1770. The maximum Gasteiger partial charge on any atom is 0.273 e. The van der Waals surface area contributed by atoms with Crippen LogP contribution in [0.2, 0.25) is 0 Å². The summed E-state index contributed by atoms with van der Waals surface area (Å²) in [5.74, 6) is 0.481. The number of hydrogen-bond acceptors (Lipinski definition) is 6. The van der Waals surface area contributed by atoms with Crippen molar-refractivity contribution in [3.8, 4) is 5.69 Å². The van der Waals surface area contributed by atoms with Crippen molar-refractivity contribution >= 4 is 22.5 Å². The molecule has 0 aliphatic heterocycles. The van der Waals surface area contributed by atoms with Gasteiger partial charge in [0.1, 0.15) is 11.6 Å². The molecule has 0 spiro atoms. The molecule has 0 bridgehead atoms. The normalized spacial score (nSPS) is 11.9. The largest absolute Gasteiger partial charge is 0.467 e. The lowest BCUT2D eigenvalue weighted by Crippen LogP contribution is -2.38. The summed E-state index contributed by atoms with van der Waals surface area (Å²) in [4.78, 5) is 45.8. The lowest BCUT2D eigenvalue weighted by atomic mass is 10.1. The summed E-state index contributed by atoms with van der Waals surface area (Å²) in [6.45, 7) is 5.67. The van der Waals surface area contributed by atoms with Crippen LogP contribution in [0.3, 0.4) is 0 Å². The second-order valence-electron chi connectivity index (χ2n) is 9.84. The van der Waals surface area contributed by atoms with Crippen molar-refractivity contribution in [2.24, 2.45) is 0 Å². The zero-order chi connectivity index (χ0) is 29.1. The number of benzene rings is 3. The van der Waals surface area contributed by atoms with Crippen molar-refractivity contribution in [2.75, 3.05) is 0 Å². The van der Waals surface area contributed by atoms with Crippen molar-refractivity contribution < 1.29 is 14.1 Å². The van der Waals surface area contributed by atoms with Crippen LogP contribution >= 0.6 is 0 Å². The molecule has 9 heteroatoms. The fourth-order valence-electron chi connectivity index (χ4n) is 5.04. The summed E-state index contributed by atoms with van der Waals surface area (Å²) in [5.41, 5.74) is 2.51. The fraction of sp³-hybridized carbons (Fsp3) is 0.219. The van der Waals surface area contributed by atoms with Crippen LogP contribution in [0.5, 0.6) is 0 Å². The molecule has 0 saturated heterocycles. The number of aryl methyl sites for hydroxylation is 2. The van der Waals surface area contributed by atoms with E-state index in [1.54, 1.807) is 58.9 Å². The number of nitro groups is 1. The van der Waals surface area contributed by atoms with Gasteiger partial charge in [0.25, 0.3) is 17.2 Å². The van der Waals surface area contributed by atoms with Gasteiger partial charge in [-0.25, -0.2) is 4.98 Å². The average molecular weight is 551 g/mol. The molecule has 0 radical (unpaired) electrons. The number of hydrogen-bond donors (Lipinski definition) is 0. The second-order valence-corrected chi connectivity index (χ2v) is 9.84. The molecule has 5 aromatic rings. The predicted octanol–water partition coefficient (Wildman–Crippen LogP) is 6.55. The quantitative estimate of drug-likeness (QED) is 0.152. The molecule has 41 heavy (non-hydrogen) atoms. The highest BCUT2D eigenvalue weighted by molar-refractivity contribution is 5.95. The van der Waals surface area contributed by atoms with Crippen molar-refractivity contribution in [3.05, 3.63) is 134 Å². The van der Waals surface area contributed by atoms with Crippen molar-refractivity contribution in [1.82, 2.24) is 14.5 Å². The van der Waals surface area contributed by atoms with E-state index in [0.717, 1.165) is 12.0 Å². The van der Waals surface area contributed by atoms with E-state index in [1.165, 1.54) is 12.3 Å². The van der Waals surface area contributed by atoms with Gasteiger partial charge in [-0.15, -0.1) is 0 Å². The number of furan rings is 1. The van der Waals surface area contributed by atoms with Gasteiger partial charge in [0, 0.05) is 17.2 Å². The molecular weight excluding hydrogens is 520 g/mol. The van der Waals surface area contributed by atoms with Crippen LogP contribution in [0.1, 0.15) is 59.4 Å².